The molecule has 1 atom stereocenters. The molecule has 1 saturated heterocycles. The molecular formula is C15H27N5O. The number of rotatable bonds is 6. The average molecular weight is 293 g/mol. The summed E-state index contributed by atoms with van der Waals surface area (Å²) < 4.78 is 0. The van der Waals surface area contributed by atoms with E-state index in [1.807, 2.05) is 32.1 Å². The molecule has 1 aromatic heterocycles. The largest absolute Gasteiger partial charge is 0.395 e. The summed E-state index contributed by atoms with van der Waals surface area (Å²) in [5.74, 6) is 1.61. The van der Waals surface area contributed by atoms with Crippen molar-refractivity contribution < 1.29 is 5.11 Å². The molecule has 6 nitrogen and oxygen atoms in total. The molecule has 1 aliphatic rings. The van der Waals surface area contributed by atoms with Crippen LogP contribution in [0, 0.1) is 6.92 Å². The van der Waals surface area contributed by atoms with E-state index in [-0.39, 0.29) is 6.61 Å². The van der Waals surface area contributed by atoms with Gasteiger partial charge in [-0.1, -0.05) is 6.42 Å². The summed E-state index contributed by atoms with van der Waals surface area (Å²) in [6, 6.07) is 0.317. The minimum Gasteiger partial charge on any atom is -0.395 e. The molecule has 2 N–H and O–H groups in total. The van der Waals surface area contributed by atoms with E-state index < -0.39 is 0 Å². The molecule has 0 radical (unpaired) electrons. The number of aliphatic hydroxyl groups excluding tert-OH is 1. The Balaban J connectivity index is 1.87. The molecule has 2 rings (SSSR count). The lowest BCUT2D eigenvalue weighted by Gasteiger charge is -2.34. The molecule has 21 heavy (non-hydrogen) atoms. The van der Waals surface area contributed by atoms with Gasteiger partial charge >= 0.3 is 0 Å². The number of hydrogen-bond acceptors (Lipinski definition) is 6. The van der Waals surface area contributed by atoms with Crippen LogP contribution in [0.3, 0.4) is 0 Å². The molecule has 118 valence electrons. The Hall–Kier alpha value is -1.40. The predicted molar refractivity (Wildman–Crippen MR) is 85.9 cm³/mol. The lowest BCUT2D eigenvalue weighted by Crippen LogP contribution is -2.44. The first-order valence-corrected chi connectivity index (χ1v) is 7.71. The molecular weight excluding hydrogens is 266 g/mol. The lowest BCUT2D eigenvalue weighted by atomic mass is 10.0. The van der Waals surface area contributed by atoms with E-state index >= 15 is 0 Å². The maximum Gasteiger partial charge on any atom is 0.224 e. The van der Waals surface area contributed by atoms with Crippen molar-refractivity contribution in [3.8, 4) is 0 Å². The Morgan fingerprint density at radius 3 is 2.95 bits per heavy atom. The van der Waals surface area contributed by atoms with Gasteiger partial charge in [-0.25, -0.2) is 4.98 Å². The number of nitrogens with zero attached hydrogens (tertiary/aromatic N) is 4. The van der Waals surface area contributed by atoms with Gasteiger partial charge in [0.2, 0.25) is 5.95 Å². The quantitative estimate of drug-likeness (QED) is 0.819. The van der Waals surface area contributed by atoms with E-state index in [0.717, 1.165) is 37.4 Å². The van der Waals surface area contributed by atoms with Crippen molar-refractivity contribution in [1.29, 1.82) is 0 Å². The van der Waals surface area contributed by atoms with E-state index in [0.29, 0.717) is 12.0 Å². The van der Waals surface area contributed by atoms with Crippen LogP contribution in [0.4, 0.5) is 11.8 Å². The summed E-state index contributed by atoms with van der Waals surface area (Å²) in [4.78, 5) is 13.2. The Labute approximate surface area is 127 Å². The first-order chi connectivity index (χ1) is 10.1. The Bertz CT molecular complexity index is 452. The van der Waals surface area contributed by atoms with Crippen molar-refractivity contribution in [2.24, 2.45) is 0 Å². The standard InChI is InChI=1S/C15H27N5O/c1-12-10-17-15(18-14(12)19(2)3)16-7-9-20-8-5-4-6-13(20)11-21/h10,13,21H,4-9,11H2,1-3H3,(H,16,17,18)/t13-/m1/s1. The van der Waals surface area contributed by atoms with Gasteiger partial charge in [0.05, 0.1) is 6.61 Å². The highest BCUT2D eigenvalue weighted by atomic mass is 16.3. The fourth-order valence-electron chi connectivity index (χ4n) is 2.84. The van der Waals surface area contributed by atoms with Crippen molar-refractivity contribution in [3.05, 3.63) is 11.8 Å². The molecule has 2 heterocycles. The van der Waals surface area contributed by atoms with Crippen molar-refractivity contribution >= 4 is 11.8 Å². The molecule has 6 heteroatoms. The molecule has 0 amide bonds. The van der Waals surface area contributed by atoms with Crippen molar-refractivity contribution in [2.45, 2.75) is 32.2 Å². The first kappa shape index (κ1) is 16.0. The number of likely N-dealkylation sites (tertiary alicyclic amines) is 1. The monoisotopic (exact) mass is 293 g/mol. The number of aliphatic hydroxyl groups is 1. The van der Waals surface area contributed by atoms with Crippen LogP contribution < -0.4 is 10.2 Å². The van der Waals surface area contributed by atoms with Gasteiger partial charge in [-0.2, -0.15) is 4.98 Å². The third-order valence-electron chi connectivity index (χ3n) is 4.01. The molecule has 1 fully saturated rings. The number of anilines is 2. The number of hydrogen-bond donors (Lipinski definition) is 2. The fraction of sp³-hybridized carbons (Fsp3) is 0.733. The second kappa shape index (κ2) is 7.56. The smallest absolute Gasteiger partial charge is 0.224 e. The van der Waals surface area contributed by atoms with E-state index in [9.17, 15) is 5.11 Å². The van der Waals surface area contributed by atoms with Crippen LogP contribution in [0.1, 0.15) is 24.8 Å². The minimum atomic E-state index is 0.256. The molecule has 0 bridgehead atoms. The second-order valence-electron chi connectivity index (χ2n) is 5.89. The maximum absolute atomic E-state index is 9.41. The van der Waals surface area contributed by atoms with E-state index in [1.165, 1.54) is 12.8 Å². The average Bonchev–Trinajstić information content (AvgIpc) is 2.49. The highest BCUT2D eigenvalue weighted by Crippen LogP contribution is 2.17. The van der Waals surface area contributed by atoms with E-state index in [1.54, 1.807) is 0 Å². The van der Waals surface area contributed by atoms with Gasteiger partial charge in [0.15, 0.2) is 0 Å². The number of nitrogens with one attached hydrogen (secondary N) is 1. The third-order valence-corrected chi connectivity index (χ3v) is 4.01. The molecule has 0 saturated carbocycles. The summed E-state index contributed by atoms with van der Waals surface area (Å²) >= 11 is 0. The summed E-state index contributed by atoms with van der Waals surface area (Å²) in [5, 5.41) is 12.7. The van der Waals surface area contributed by atoms with Crippen LogP contribution in [0.2, 0.25) is 0 Å². The Kier molecular flexibility index (Phi) is 5.76. The third kappa shape index (κ3) is 4.28. The maximum atomic E-state index is 9.41. The van der Waals surface area contributed by atoms with Crippen molar-refractivity contribution in [3.63, 3.8) is 0 Å². The van der Waals surface area contributed by atoms with Gasteiger partial charge in [0.25, 0.3) is 0 Å². The summed E-state index contributed by atoms with van der Waals surface area (Å²) in [7, 11) is 3.97. The predicted octanol–water partition coefficient (Wildman–Crippen LogP) is 1.11. The fourth-order valence-corrected chi connectivity index (χ4v) is 2.84. The van der Waals surface area contributed by atoms with Gasteiger partial charge in [0.1, 0.15) is 5.82 Å². The normalized spacial score (nSPS) is 19.5. The summed E-state index contributed by atoms with van der Waals surface area (Å²) in [6.45, 7) is 5.06. The molecule has 0 spiro atoms. The van der Waals surface area contributed by atoms with Crippen LogP contribution in [0.25, 0.3) is 0 Å². The zero-order valence-electron chi connectivity index (χ0n) is 13.3. The highest BCUT2D eigenvalue weighted by Gasteiger charge is 2.20. The first-order valence-electron chi connectivity index (χ1n) is 7.71. The summed E-state index contributed by atoms with van der Waals surface area (Å²) in [5.41, 5.74) is 1.07. The van der Waals surface area contributed by atoms with Crippen LogP contribution >= 0.6 is 0 Å². The zero-order valence-corrected chi connectivity index (χ0v) is 13.3. The molecule has 1 aromatic rings. The number of aromatic nitrogens is 2. The topological polar surface area (TPSA) is 64.5 Å². The molecule has 1 aliphatic heterocycles. The molecule has 0 unspecified atom stereocenters. The lowest BCUT2D eigenvalue weighted by molar-refractivity contribution is 0.0940. The van der Waals surface area contributed by atoms with Crippen LogP contribution in [-0.2, 0) is 0 Å². The number of piperidine rings is 1. The SMILES string of the molecule is Cc1cnc(NCCN2CCCC[C@@H]2CO)nc1N(C)C. The van der Waals surface area contributed by atoms with Gasteiger partial charge in [-0.15, -0.1) is 0 Å². The Morgan fingerprint density at radius 2 is 2.24 bits per heavy atom. The molecule has 0 aliphatic carbocycles. The minimum absolute atomic E-state index is 0.256. The van der Waals surface area contributed by atoms with Crippen LogP contribution in [-0.4, -0.2) is 66.4 Å². The summed E-state index contributed by atoms with van der Waals surface area (Å²) in [6.07, 6.45) is 5.40. The van der Waals surface area contributed by atoms with Gasteiger partial charge in [-0.3, -0.25) is 4.90 Å². The van der Waals surface area contributed by atoms with E-state index in [2.05, 4.69) is 20.2 Å². The second-order valence-corrected chi connectivity index (χ2v) is 5.89. The Morgan fingerprint density at radius 1 is 1.43 bits per heavy atom. The van der Waals surface area contributed by atoms with Crippen LogP contribution in [0.15, 0.2) is 6.20 Å². The van der Waals surface area contributed by atoms with Crippen molar-refractivity contribution in [2.75, 3.05) is 50.6 Å². The highest BCUT2D eigenvalue weighted by molar-refractivity contribution is 5.47. The van der Waals surface area contributed by atoms with Gasteiger partial charge in [0, 0.05) is 45.0 Å². The number of aryl methyl sites for hydroxylation is 1. The molecule has 0 aromatic carbocycles. The van der Waals surface area contributed by atoms with Gasteiger partial charge < -0.3 is 15.3 Å². The van der Waals surface area contributed by atoms with E-state index in [4.69, 9.17) is 0 Å². The van der Waals surface area contributed by atoms with Crippen LogP contribution in [0.5, 0.6) is 0 Å². The van der Waals surface area contributed by atoms with Crippen molar-refractivity contribution in [1.82, 2.24) is 14.9 Å². The van der Waals surface area contributed by atoms with Gasteiger partial charge in [-0.05, 0) is 26.3 Å². The zero-order chi connectivity index (χ0) is 15.2.